The molecule has 0 radical (unpaired) electrons. The maximum absolute atomic E-state index is 13.5. The van der Waals surface area contributed by atoms with Crippen molar-refractivity contribution in [3.63, 3.8) is 0 Å². The fraction of sp³-hybridized carbons (Fsp3) is 0.588. The molecule has 0 unspecified atom stereocenters. The lowest BCUT2D eigenvalue weighted by Gasteiger charge is -2.18. The molecule has 0 saturated carbocycles. The summed E-state index contributed by atoms with van der Waals surface area (Å²) in [7, 11) is 3.79. The number of guanidine groups is 1. The van der Waals surface area contributed by atoms with Gasteiger partial charge in [-0.05, 0) is 50.2 Å². The minimum absolute atomic E-state index is 0.368. The number of unbranched alkanes of at least 4 members (excludes halogenated alkanes) is 1. The first-order valence-corrected chi connectivity index (χ1v) is 8.13. The van der Waals surface area contributed by atoms with Crippen LogP contribution in [0.5, 0.6) is 0 Å². The molecule has 1 aromatic carbocycles. The van der Waals surface area contributed by atoms with Gasteiger partial charge in [0.05, 0.1) is 0 Å². The average molecular weight is 326 g/mol. The van der Waals surface area contributed by atoms with Gasteiger partial charge in [-0.2, -0.15) is 0 Å². The van der Waals surface area contributed by atoms with Crippen LogP contribution in [0.4, 0.5) is 8.78 Å². The molecule has 0 heterocycles. The van der Waals surface area contributed by atoms with E-state index in [1.165, 1.54) is 18.9 Å². The summed E-state index contributed by atoms with van der Waals surface area (Å²) >= 11 is 0. The Kier molecular flexibility index (Phi) is 9.21. The number of rotatable bonds is 9. The van der Waals surface area contributed by atoms with E-state index in [9.17, 15) is 8.78 Å². The van der Waals surface area contributed by atoms with E-state index >= 15 is 0 Å². The van der Waals surface area contributed by atoms with Gasteiger partial charge in [-0.3, -0.25) is 4.99 Å². The van der Waals surface area contributed by atoms with Gasteiger partial charge in [-0.1, -0.05) is 13.3 Å². The smallest absolute Gasteiger partial charge is 0.191 e. The van der Waals surface area contributed by atoms with E-state index in [2.05, 4.69) is 34.5 Å². The standard InChI is InChI=1S/C17H28F2N4/c1-4-5-11-23(3)12-10-22-17(20-2)21-9-8-14-13-15(18)6-7-16(14)19/h6-7,13H,4-5,8-12H2,1-3H3,(H2,20,21,22). The molecule has 0 amide bonds. The highest BCUT2D eigenvalue weighted by Crippen LogP contribution is 2.09. The number of aliphatic imine (C=N–C) groups is 1. The molecule has 0 fully saturated rings. The van der Waals surface area contributed by atoms with E-state index in [0.717, 1.165) is 31.8 Å². The third-order valence-corrected chi connectivity index (χ3v) is 3.60. The van der Waals surface area contributed by atoms with Crippen molar-refractivity contribution in [3.8, 4) is 0 Å². The summed E-state index contributed by atoms with van der Waals surface area (Å²) in [4.78, 5) is 6.40. The number of benzene rings is 1. The summed E-state index contributed by atoms with van der Waals surface area (Å²) in [5.41, 5.74) is 0.368. The third kappa shape index (κ3) is 7.93. The quantitative estimate of drug-likeness (QED) is 0.541. The molecule has 0 atom stereocenters. The molecule has 130 valence electrons. The van der Waals surface area contributed by atoms with Crippen molar-refractivity contribution in [2.75, 3.05) is 40.3 Å². The van der Waals surface area contributed by atoms with Crippen molar-refractivity contribution in [1.82, 2.24) is 15.5 Å². The van der Waals surface area contributed by atoms with E-state index < -0.39 is 5.82 Å². The molecule has 2 N–H and O–H groups in total. The van der Waals surface area contributed by atoms with Crippen LogP contribution >= 0.6 is 0 Å². The number of nitrogens with zero attached hydrogens (tertiary/aromatic N) is 2. The van der Waals surface area contributed by atoms with Crippen molar-refractivity contribution in [2.24, 2.45) is 4.99 Å². The van der Waals surface area contributed by atoms with Gasteiger partial charge in [-0.15, -0.1) is 0 Å². The lowest BCUT2D eigenvalue weighted by molar-refractivity contribution is 0.332. The molecule has 4 nitrogen and oxygen atoms in total. The van der Waals surface area contributed by atoms with Crippen LogP contribution in [0.3, 0.4) is 0 Å². The maximum atomic E-state index is 13.5. The number of halogens is 2. The van der Waals surface area contributed by atoms with Gasteiger partial charge in [0.2, 0.25) is 0 Å². The summed E-state index contributed by atoms with van der Waals surface area (Å²) in [6.07, 6.45) is 2.79. The number of hydrogen-bond donors (Lipinski definition) is 2. The Morgan fingerprint density at radius 3 is 2.61 bits per heavy atom. The van der Waals surface area contributed by atoms with E-state index in [1.54, 1.807) is 7.05 Å². The Morgan fingerprint density at radius 1 is 1.17 bits per heavy atom. The van der Waals surface area contributed by atoms with Crippen LogP contribution in [0.15, 0.2) is 23.2 Å². The van der Waals surface area contributed by atoms with Gasteiger partial charge in [0, 0.05) is 26.7 Å². The molecule has 23 heavy (non-hydrogen) atoms. The summed E-state index contributed by atoms with van der Waals surface area (Å²) in [5, 5.41) is 6.33. The predicted molar refractivity (Wildman–Crippen MR) is 91.8 cm³/mol. The fourth-order valence-electron chi connectivity index (χ4n) is 2.18. The number of likely N-dealkylation sites (N-methyl/N-ethyl adjacent to an activating group) is 1. The topological polar surface area (TPSA) is 39.7 Å². The van der Waals surface area contributed by atoms with Crippen molar-refractivity contribution in [1.29, 1.82) is 0 Å². The lowest BCUT2D eigenvalue weighted by atomic mass is 10.1. The van der Waals surface area contributed by atoms with Gasteiger partial charge in [0.15, 0.2) is 5.96 Å². The molecule has 0 spiro atoms. The maximum Gasteiger partial charge on any atom is 0.191 e. The average Bonchev–Trinajstić information content (AvgIpc) is 2.54. The van der Waals surface area contributed by atoms with Crippen molar-refractivity contribution in [3.05, 3.63) is 35.4 Å². The number of nitrogens with one attached hydrogen (secondary N) is 2. The zero-order chi connectivity index (χ0) is 17.1. The van der Waals surface area contributed by atoms with Crippen LogP contribution < -0.4 is 10.6 Å². The Hall–Kier alpha value is -1.69. The first-order chi connectivity index (χ1) is 11.1. The van der Waals surface area contributed by atoms with E-state index in [0.29, 0.717) is 24.5 Å². The molecule has 1 aromatic rings. The second-order valence-electron chi connectivity index (χ2n) is 5.57. The zero-order valence-electron chi connectivity index (χ0n) is 14.3. The molecule has 0 aromatic heterocycles. The lowest BCUT2D eigenvalue weighted by Crippen LogP contribution is -2.41. The van der Waals surface area contributed by atoms with Crippen LogP contribution in [-0.2, 0) is 6.42 Å². The summed E-state index contributed by atoms with van der Waals surface area (Å²) in [6.45, 7) is 5.47. The second kappa shape index (κ2) is 10.9. The molecular formula is C17H28F2N4. The van der Waals surface area contributed by atoms with Crippen molar-refractivity contribution < 1.29 is 8.78 Å². The molecule has 0 aliphatic rings. The second-order valence-corrected chi connectivity index (χ2v) is 5.57. The van der Waals surface area contributed by atoms with E-state index in [4.69, 9.17) is 0 Å². The first kappa shape index (κ1) is 19.4. The van der Waals surface area contributed by atoms with Gasteiger partial charge in [-0.25, -0.2) is 8.78 Å². The normalized spacial score (nSPS) is 11.8. The van der Waals surface area contributed by atoms with Gasteiger partial charge < -0.3 is 15.5 Å². The monoisotopic (exact) mass is 326 g/mol. The highest BCUT2D eigenvalue weighted by molar-refractivity contribution is 5.79. The van der Waals surface area contributed by atoms with E-state index in [1.807, 2.05) is 0 Å². The summed E-state index contributed by atoms with van der Waals surface area (Å²) in [6, 6.07) is 3.52. The third-order valence-electron chi connectivity index (χ3n) is 3.60. The van der Waals surface area contributed by atoms with Crippen LogP contribution in [0.25, 0.3) is 0 Å². The summed E-state index contributed by atoms with van der Waals surface area (Å²) < 4.78 is 26.6. The van der Waals surface area contributed by atoms with Crippen LogP contribution in [0.1, 0.15) is 25.3 Å². The Morgan fingerprint density at radius 2 is 1.91 bits per heavy atom. The zero-order valence-corrected chi connectivity index (χ0v) is 14.3. The Labute approximate surface area is 138 Å². The van der Waals surface area contributed by atoms with E-state index in [-0.39, 0.29) is 5.82 Å². The minimum Gasteiger partial charge on any atom is -0.356 e. The van der Waals surface area contributed by atoms with Gasteiger partial charge >= 0.3 is 0 Å². The molecule has 6 heteroatoms. The van der Waals surface area contributed by atoms with Crippen LogP contribution in [0.2, 0.25) is 0 Å². The van der Waals surface area contributed by atoms with Crippen LogP contribution in [-0.4, -0.2) is 51.1 Å². The Balaban J connectivity index is 2.27. The molecule has 1 rings (SSSR count). The molecule has 0 bridgehead atoms. The molecular weight excluding hydrogens is 298 g/mol. The number of hydrogen-bond acceptors (Lipinski definition) is 2. The SMILES string of the molecule is CCCCN(C)CCNC(=NC)NCCc1cc(F)ccc1F. The minimum atomic E-state index is -0.418. The first-order valence-electron chi connectivity index (χ1n) is 8.13. The molecule has 0 aliphatic carbocycles. The Bertz CT molecular complexity index is 491. The van der Waals surface area contributed by atoms with Crippen molar-refractivity contribution >= 4 is 5.96 Å². The fourth-order valence-corrected chi connectivity index (χ4v) is 2.18. The van der Waals surface area contributed by atoms with Crippen LogP contribution in [0, 0.1) is 11.6 Å². The molecule has 0 aliphatic heterocycles. The largest absolute Gasteiger partial charge is 0.356 e. The molecule has 0 saturated heterocycles. The van der Waals surface area contributed by atoms with Crippen molar-refractivity contribution in [2.45, 2.75) is 26.2 Å². The van der Waals surface area contributed by atoms with Gasteiger partial charge in [0.1, 0.15) is 11.6 Å². The summed E-state index contributed by atoms with van der Waals surface area (Å²) in [5.74, 6) is -0.126. The van der Waals surface area contributed by atoms with Gasteiger partial charge in [0.25, 0.3) is 0 Å². The predicted octanol–water partition coefficient (Wildman–Crippen LogP) is 2.40. The highest BCUT2D eigenvalue weighted by Gasteiger charge is 2.05. The highest BCUT2D eigenvalue weighted by atomic mass is 19.1.